The van der Waals surface area contributed by atoms with Gasteiger partial charge in [0.2, 0.25) is 0 Å². The van der Waals surface area contributed by atoms with Crippen LogP contribution in [0.15, 0.2) is 114 Å². The second-order valence-corrected chi connectivity index (χ2v) is 9.26. The maximum absolute atomic E-state index is 13.3. The summed E-state index contributed by atoms with van der Waals surface area (Å²) in [6, 6.07) is 32.4. The van der Waals surface area contributed by atoms with E-state index >= 15 is 0 Å². The minimum Gasteiger partial charge on any atom is -0.489 e. The van der Waals surface area contributed by atoms with E-state index in [1.807, 2.05) is 60.8 Å². The van der Waals surface area contributed by atoms with Gasteiger partial charge in [0.25, 0.3) is 5.56 Å². The van der Waals surface area contributed by atoms with Gasteiger partial charge in [-0.3, -0.25) is 4.79 Å². The Morgan fingerprint density at radius 3 is 2.56 bits per heavy atom. The number of aromatic amines is 1. The monoisotopic (exact) mass is 539 g/mol. The highest BCUT2D eigenvalue weighted by Crippen LogP contribution is 2.30. The summed E-state index contributed by atoms with van der Waals surface area (Å²) in [6.07, 6.45) is 3.49. The number of halogens is 1. The van der Waals surface area contributed by atoms with Gasteiger partial charge >= 0.3 is 0 Å². The van der Waals surface area contributed by atoms with Gasteiger partial charge in [-0.15, -0.1) is 0 Å². The number of rotatable bonds is 7. The lowest BCUT2D eigenvalue weighted by Crippen LogP contribution is -2.11. The molecule has 8 heteroatoms. The second-order valence-electron chi connectivity index (χ2n) is 9.26. The van der Waals surface area contributed by atoms with Crippen molar-refractivity contribution in [3.63, 3.8) is 0 Å². The number of aromatic nitrogens is 4. The van der Waals surface area contributed by atoms with Gasteiger partial charge in [0.15, 0.2) is 5.82 Å². The van der Waals surface area contributed by atoms with Gasteiger partial charge in [-0.25, -0.2) is 14.1 Å². The molecule has 0 saturated carbocycles. The van der Waals surface area contributed by atoms with Crippen LogP contribution in [0.4, 0.5) is 4.39 Å². The molecule has 0 aliphatic heterocycles. The van der Waals surface area contributed by atoms with Gasteiger partial charge in [-0.1, -0.05) is 54.6 Å². The number of nitrogens with zero attached hydrogens (tertiary/aromatic N) is 4. The number of nitrogens with one attached hydrogen (secondary N) is 1. The summed E-state index contributed by atoms with van der Waals surface area (Å²) in [6.45, 7) is 0.272. The first kappa shape index (κ1) is 25.5. The van der Waals surface area contributed by atoms with E-state index in [2.05, 4.69) is 16.0 Å². The van der Waals surface area contributed by atoms with Crippen LogP contribution in [0, 0.1) is 17.1 Å². The van der Waals surface area contributed by atoms with E-state index in [1.54, 1.807) is 47.2 Å². The minimum absolute atomic E-state index is 0.172. The molecule has 0 atom stereocenters. The Kier molecular flexibility index (Phi) is 6.91. The number of hydrogen-bond donors (Lipinski definition) is 1. The van der Waals surface area contributed by atoms with Crippen molar-refractivity contribution in [2.45, 2.75) is 6.61 Å². The summed E-state index contributed by atoms with van der Waals surface area (Å²) in [5, 5.41) is 15.4. The van der Waals surface area contributed by atoms with Crippen LogP contribution in [0.2, 0.25) is 0 Å². The molecular formula is C33H22FN5O2. The summed E-state index contributed by atoms with van der Waals surface area (Å²) >= 11 is 0. The number of fused-ring (bicyclic) bond motifs is 1. The Bertz CT molecular complexity index is 1990. The molecule has 0 saturated heterocycles. The summed E-state index contributed by atoms with van der Waals surface area (Å²) in [4.78, 5) is 19.9. The zero-order valence-electron chi connectivity index (χ0n) is 21.7. The summed E-state index contributed by atoms with van der Waals surface area (Å²) < 4.78 is 21.0. The quantitative estimate of drug-likeness (QED) is 0.232. The zero-order valence-corrected chi connectivity index (χ0v) is 21.7. The van der Waals surface area contributed by atoms with Crippen molar-refractivity contribution < 1.29 is 9.13 Å². The summed E-state index contributed by atoms with van der Waals surface area (Å²) in [7, 11) is 0. The average molecular weight is 540 g/mol. The lowest BCUT2D eigenvalue weighted by Gasteiger charge is -2.08. The molecule has 1 N–H and O–H groups in total. The molecular weight excluding hydrogens is 517 g/mol. The zero-order chi connectivity index (χ0) is 28.2. The molecule has 2 heterocycles. The van der Waals surface area contributed by atoms with Gasteiger partial charge in [0.1, 0.15) is 29.9 Å². The lowest BCUT2D eigenvalue weighted by molar-refractivity contribution is 0.306. The SMILES string of the molecule is N#CC(=Cc1cn(-c2ccccc2)nc1-c1cccc(OCc2ccc(F)cc2)c1)c1nc2ccccc2c(=O)[nH]1. The normalized spacial score (nSPS) is 11.4. The van der Waals surface area contributed by atoms with Gasteiger partial charge in [0, 0.05) is 17.3 Å². The maximum atomic E-state index is 13.3. The Morgan fingerprint density at radius 1 is 0.976 bits per heavy atom. The van der Waals surface area contributed by atoms with Crippen LogP contribution in [0.1, 0.15) is 17.0 Å². The predicted molar refractivity (Wildman–Crippen MR) is 156 cm³/mol. The molecule has 0 unspecified atom stereocenters. The molecule has 0 fully saturated rings. The molecule has 2 aromatic heterocycles. The average Bonchev–Trinajstić information content (AvgIpc) is 3.44. The number of H-pyrrole nitrogens is 1. The van der Waals surface area contributed by atoms with Crippen LogP contribution in [-0.4, -0.2) is 19.7 Å². The summed E-state index contributed by atoms with van der Waals surface area (Å²) in [5.41, 5.74) is 4.06. The molecule has 6 rings (SSSR count). The number of hydrogen-bond acceptors (Lipinski definition) is 5. The largest absolute Gasteiger partial charge is 0.489 e. The van der Waals surface area contributed by atoms with E-state index < -0.39 is 0 Å². The van der Waals surface area contributed by atoms with Crippen molar-refractivity contribution in [1.82, 2.24) is 19.7 Å². The van der Waals surface area contributed by atoms with E-state index in [-0.39, 0.29) is 29.4 Å². The third-order valence-electron chi connectivity index (χ3n) is 6.48. The first-order valence-corrected chi connectivity index (χ1v) is 12.8. The third kappa shape index (κ3) is 5.51. The van der Waals surface area contributed by atoms with E-state index in [0.29, 0.717) is 27.9 Å². The molecule has 0 aliphatic carbocycles. The minimum atomic E-state index is -0.321. The number of nitriles is 1. The lowest BCUT2D eigenvalue weighted by atomic mass is 10.1. The predicted octanol–water partition coefficient (Wildman–Crippen LogP) is 6.56. The van der Waals surface area contributed by atoms with Crippen molar-refractivity contribution in [1.29, 1.82) is 5.26 Å². The van der Waals surface area contributed by atoms with E-state index in [1.165, 1.54) is 12.1 Å². The molecule has 41 heavy (non-hydrogen) atoms. The van der Waals surface area contributed by atoms with E-state index in [4.69, 9.17) is 9.84 Å². The molecule has 7 nitrogen and oxygen atoms in total. The molecule has 6 aromatic rings. The van der Waals surface area contributed by atoms with Crippen molar-refractivity contribution in [3.8, 4) is 28.8 Å². The number of ether oxygens (including phenoxy) is 1. The third-order valence-corrected chi connectivity index (χ3v) is 6.48. The highest BCUT2D eigenvalue weighted by molar-refractivity contribution is 5.91. The number of benzene rings is 4. The molecule has 0 spiro atoms. The Hall–Kier alpha value is -5.81. The molecule has 0 amide bonds. The van der Waals surface area contributed by atoms with Crippen molar-refractivity contribution in [2.24, 2.45) is 0 Å². The first-order valence-electron chi connectivity index (χ1n) is 12.8. The molecule has 4 aromatic carbocycles. The van der Waals surface area contributed by atoms with Gasteiger partial charge in [-0.2, -0.15) is 10.4 Å². The number of allylic oxidation sites excluding steroid dienone is 1. The van der Waals surface area contributed by atoms with Crippen LogP contribution in [0.3, 0.4) is 0 Å². The smallest absolute Gasteiger partial charge is 0.259 e. The topological polar surface area (TPSA) is 96.6 Å². The number of para-hydroxylation sites is 2. The van der Waals surface area contributed by atoms with Crippen LogP contribution < -0.4 is 10.3 Å². The molecule has 0 bridgehead atoms. The maximum Gasteiger partial charge on any atom is 0.259 e. The van der Waals surface area contributed by atoms with Gasteiger partial charge in [-0.05, 0) is 60.2 Å². The van der Waals surface area contributed by atoms with Gasteiger partial charge < -0.3 is 9.72 Å². The van der Waals surface area contributed by atoms with Crippen LogP contribution in [0.5, 0.6) is 5.75 Å². The van der Waals surface area contributed by atoms with Crippen LogP contribution in [-0.2, 0) is 6.61 Å². The first-order chi connectivity index (χ1) is 20.1. The Balaban J connectivity index is 1.41. The molecule has 198 valence electrons. The van der Waals surface area contributed by atoms with Crippen LogP contribution >= 0.6 is 0 Å². The fourth-order valence-corrected chi connectivity index (χ4v) is 4.43. The van der Waals surface area contributed by atoms with Crippen LogP contribution in [0.25, 0.3) is 39.5 Å². The highest BCUT2D eigenvalue weighted by Gasteiger charge is 2.15. The standard InChI is InChI=1S/C33H22FN5O2/c34-26-15-13-22(14-16-26)21-41-28-10-6-7-23(18-28)31-25(20-39(38-31)27-8-2-1-3-9-27)17-24(19-35)32-36-30-12-5-4-11-29(30)33(40)37-32/h1-18,20H,21H2,(H,36,37,40). The van der Waals surface area contributed by atoms with Crippen molar-refractivity contribution in [2.75, 3.05) is 0 Å². The van der Waals surface area contributed by atoms with Crippen molar-refractivity contribution in [3.05, 3.63) is 142 Å². The fourth-order valence-electron chi connectivity index (χ4n) is 4.43. The molecule has 0 aliphatic rings. The Morgan fingerprint density at radius 2 is 1.76 bits per heavy atom. The van der Waals surface area contributed by atoms with Crippen molar-refractivity contribution >= 4 is 22.6 Å². The summed E-state index contributed by atoms with van der Waals surface area (Å²) in [5.74, 6) is 0.480. The second kappa shape index (κ2) is 11.1. The van der Waals surface area contributed by atoms with Gasteiger partial charge in [0.05, 0.1) is 22.2 Å². The Labute approximate surface area is 234 Å². The van der Waals surface area contributed by atoms with E-state index in [0.717, 1.165) is 16.8 Å². The molecule has 0 radical (unpaired) electrons. The highest BCUT2D eigenvalue weighted by atomic mass is 19.1. The van der Waals surface area contributed by atoms with E-state index in [9.17, 15) is 14.4 Å². The fraction of sp³-hybridized carbons (Fsp3) is 0.0303.